The van der Waals surface area contributed by atoms with E-state index < -0.39 is 0 Å². The second-order valence-electron chi connectivity index (χ2n) is 5.47. The molecule has 1 heterocycles. The van der Waals surface area contributed by atoms with Crippen LogP contribution < -0.4 is 10.6 Å². The van der Waals surface area contributed by atoms with Crippen molar-refractivity contribution in [2.75, 3.05) is 19.6 Å². The zero-order valence-corrected chi connectivity index (χ0v) is 10.3. The lowest BCUT2D eigenvalue weighted by Crippen LogP contribution is -2.40. The molecular formula is C13H24N2O. The number of nitrogens with one attached hydrogen (secondary N) is 2. The van der Waals surface area contributed by atoms with Crippen LogP contribution in [-0.2, 0) is 4.79 Å². The maximum Gasteiger partial charge on any atom is 0.223 e. The van der Waals surface area contributed by atoms with E-state index >= 15 is 0 Å². The number of hydrogen-bond donors (Lipinski definition) is 2. The highest BCUT2D eigenvalue weighted by Crippen LogP contribution is 2.31. The monoisotopic (exact) mass is 224 g/mol. The van der Waals surface area contributed by atoms with Crippen LogP contribution in [0, 0.1) is 17.8 Å². The highest BCUT2D eigenvalue weighted by atomic mass is 16.1. The molecule has 3 nitrogen and oxygen atoms in total. The fourth-order valence-electron chi connectivity index (χ4n) is 3.01. The van der Waals surface area contributed by atoms with E-state index in [0.717, 1.165) is 26.1 Å². The Morgan fingerprint density at radius 3 is 2.81 bits per heavy atom. The summed E-state index contributed by atoms with van der Waals surface area (Å²) in [6, 6.07) is 0. The molecular weight excluding hydrogens is 200 g/mol. The summed E-state index contributed by atoms with van der Waals surface area (Å²) in [5, 5.41) is 6.53. The number of piperidine rings is 1. The molecule has 2 rings (SSSR count). The Hall–Kier alpha value is -0.570. The van der Waals surface area contributed by atoms with Crippen molar-refractivity contribution in [3.05, 3.63) is 0 Å². The molecule has 1 aliphatic heterocycles. The zero-order chi connectivity index (χ0) is 11.4. The first kappa shape index (κ1) is 11.9. The summed E-state index contributed by atoms with van der Waals surface area (Å²) in [5.41, 5.74) is 0. The Morgan fingerprint density at radius 1 is 1.31 bits per heavy atom. The molecule has 0 spiro atoms. The van der Waals surface area contributed by atoms with Crippen LogP contribution in [0.5, 0.6) is 0 Å². The van der Waals surface area contributed by atoms with Crippen LogP contribution in [0.2, 0.25) is 0 Å². The first-order valence-electron chi connectivity index (χ1n) is 6.76. The van der Waals surface area contributed by atoms with Gasteiger partial charge in [0.15, 0.2) is 0 Å². The molecule has 1 saturated heterocycles. The molecule has 2 fully saturated rings. The van der Waals surface area contributed by atoms with Gasteiger partial charge < -0.3 is 10.6 Å². The third-order valence-corrected chi connectivity index (χ3v) is 4.16. The van der Waals surface area contributed by atoms with E-state index in [1.54, 1.807) is 0 Å². The lowest BCUT2D eigenvalue weighted by atomic mass is 9.96. The molecule has 0 aromatic carbocycles. The lowest BCUT2D eigenvalue weighted by molar-refractivity contribution is -0.126. The van der Waals surface area contributed by atoms with Gasteiger partial charge in [-0.25, -0.2) is 0 Å². The predicted molar refractivity (Wildman–Crippen MR) is 65.1 cm³/mol. The minimum absolute atomic E-state index is 0.288. The van der Waals surface area contributed by atoms with E-state index in [2.05, 4.69) is 17.6 Å². The molecule has 2 aliphatic rings. The molecule has 3 atom stereocenters. The average Bonchev–Trinajstić information content (AvgIpc) is 2.74. The first-order valence-corrected chi connectivity index (χ1v) is 6.76. The molecule has 0 bridgehead atoms. The quantitative estimate of drug-likeness (QED) is 0.763. The van der Waals surface area contributed by atoms with Gasteiger partial charge in [-0.05, 0) is 50.6 Å². The molecule has 16 heavy (non-hydrogen) atoms. The van der Waals surface area contributed by atoms with Crippen LogP contribution in [0.4, 0.5) is 0 Å². The Labute approximate surface area is 98.4 Å². The van der Waals surface area contributed by atoms with Gasteiger partial charge in [0.25, 0.3) is 0 Å². The van der Waals surface area contributed by atoms with Gasteiger partial charge in [-0.3, -0.25) is 4.79 Å². The SMILES string of the molecule is CC1CCCC1C(=O)NCC1CCCNC1. The van der Waals surface area contributed by atoms with E-state index in [4.69, 9.17) is 0 Å². The van der Waals surface area contributed by atoms with Crippen molar-refractivity contribution < 1.29 is 4.79 Å². The van der Waals surface area contributed by atoms with Crippen LogP contribution >= 0.6 is 0 Å². The van der Waals surface area contributed by atoms with Gasteiger partial charge in [0.05, 0.1) is 0 Å². The Bertz CT molecular complexity index is 236. The molecule has 1 saturated carbocycles. The normalized spacial score (nSPS) is 34.9. The summed E-state index contributed by atoms with van der Waals surface area (Å²) in [7, 11) is 0. The summed E-state index contributed by atoms with van der Waals surface area (Å²) in [6.07, 6.45) is 6.05. The predicted octanol–water partition coefficient (Wildman–Crippen LogP) is 1.54. The Balaban J connectivity index is 1.70. The van der Waals surface area contributed by atoms with Crippen LogP contribution in [0.25, 0.3) is 0 Å². The van der Waals surface area contributed by atoms with Gasteiger partial charge in [-0.2, -0.15) is 0 Å². The standard InChI is InChI=1S/C13H24N2O/c1-10-4-2-6-12(10)13(16)15-9-11-5-3-7-14-8-11/h10-12,14H,2-9H2,1H3,(H,15,16). The molecule has 0 radical (unpaired) electrons. The van der Waals surface area contributed by atoms with Crippen LogP contribution in [-0.4, -0.2) is 25.5 Å². The van der Waals surface area contributed by atoms with Gasteiger partial charge in [0.2, 0.25) is 5.91 Å². The van der Waals surface area contributed by atoms with Crippen molar-refractivity contribution in [3.63, 3.8) is 0 Å². The van der Waals surface area contributed by atoms with Gasteiger partial charge in [0.1, 0.15) is 0 Å². The number of rotatable bonds is 3. The molecule has 2 N–H and O–H groups in total. The molecule has 1 amide bonds. The molecule has 0 aromatic rings. The van der Waals surface area contributed by atoms with E-state index in [1.165, 1.54) is 25.7 Å². The second-order valence-corrected chi connectivity index (χ2v) is 5.47. The minimum Gasteiger partial charge on any atom is -0.356 e. The van der Waals surface area contributed by atoms with E-state index in [9.17, 15) is 4.79 Å². The highest BCUT2D eigenvalue weighted by Gasteiger charge is 2.29. The average molecular weight is 224 g/mol. The largest absolute Gasteiger partial charge is 0.356 e. The van der Waals surface area contributed by atoms with E-state index in [1.807, 2.05) is 0 Å². The van der Waals surface area contributed by atoms with Crippen molar-refractivity contribution in [3.8, 4) is 0 Å². The van der Waals surface area contributed by atoms with Crippen molar-refractivity contribution in [2.24, 2.45) is 17.8 Å². The fourth-order valence-corrected chi connectivity index (χ4v) is 3.01. The molecule has 3 unspecified atom stereocenters. The van der Waals surface area contributed by atoms with Crippen molar-refractivity contribution >= 4 is 5.91 Å². The minimum atomic E-state index is 0.288. The molecule has 92 valence electrons. The zero-order valence-electron chi connectivity index (χ0n) is 10.3. The first-order chi connectivity index (χ1) is 7.77. The smallest absolute Gasteiger partial charge is 0.223 e. The summed E-state index contributed by atoms with van der Waals surface area (Å²) >= 11 is 0. The Kier molecular flexibility index (Phi) is 4.22. The summed E-state index contributed by atoms with van der Waals surface area (Å²) in [5.74, 6) is 1.83. The molecule has 0 aromatic heterocycles. The highest BCUT2D eigenvalue weighted by molar-refractivity contribution is 5.79. The summed E-state index contributed by atoms with van der Waals surface area (Å²) < 4.78 is 0. The van der Waals surface area contributed by atoms with E-state index in [-0.39, 0.29) is 5.92 Å². The van der Waals surface area contributed by atoms with Crippen LogP contribution in [0.15, 0.2) is 0 Å². The topological polar surface area (TPSA) is 41.1 Å². The molecule has 3 heteroatoms. The number of amides is 1. The lowest BCUT2D eigenvalue weighted by Gasteiger charge is -2.24. The van der Waals surface area contributed by atoms with Crippen LogP contribution in [0.1, 0.15) is 39.0 Å². The second kappa shape index (κ2) is 5.67. The number of carbonyl (C=O) groups excluding carboxylic acids is 1. The third kappa shape index (κ3) is 2.97. The van der Waals surface area contributed by atoms with Gasteiger partial charge in [-0.1, -0.05) is 13.3 Å². The Morgan fingerprint density at radius 2 is 2.19 bits per heavy atom. The number of hydrogen-bond acceptors (Lipinski definition) is 2. The van der Waals surface area contributed by atoms with Crippen LogP contribution in [0.3, 0.4) is 0 Å². The third-order valence-electron chi connectivity index (χ3n) is 4.16. The van der Waals surface area contributed by atoms with E-state index in [0.29, 0.717) is 17.7 Å². The molecule has 1 aliphatic carbocycles. The van der Waals surface area contributed by atoms with Gasteiger partial charge >= 0.3 is 0 Å². The van der Waals surface area contributed by atoms with Gasteiger partial charge in [0, 0.05) is 12.5 Å². The van der Waals surface area contributed by atoms with Gasteiger partial charge in [-0.15, -0.1) is 0 Å². The maximum atomic E-state index is 12.0. The van der Waals surface area contributed by atoms with Crippen molar-refractivity contribution in [1.82, 2.24) is 10.6 Å². The fraction of sp³-hybridized carbons (Fsp3) is 0.923. The maximum absolute atomic E-state index is 12.0. The van der Waals surface area contributed by atoms with Crippen molar-refractivity contribution in [1.29, 1.82) is 0 Å². The van der Waals surface area contributed by atoms with Crippen molar-refractivity contribution in [2.45, 2.75) is 39.0 Å². The number of carbonyl (C=O) groups is 1. The summed E-state index contributed by atoms with van der Waals surface area (Å²) in [4.78, 5) is 12.0. The summed E-state index contributed by atoms with van der Waals surface area (Å²) in [6.45, 7) is 5.29.